The van der Waals surface area contributed by atoms with Crippen LogP contribution in [-0.2, 0) is 0 Å². The third-order valence-electron chi connectivity index (χ3n) is 2.68. The second-order valence-electron chi connectivity index (χ2n) is 4.59. The van der Waals surface area contributed by atoms with Crippen LogP contribution in [-0.4, -0.2) is 47.0 Å². The van der Waals surface area contributed by atoms with E-state index in [-0.39, 0.29) is 0 Å². The van der Waals surface area contributed by atoms with Crippen molar-refractivity contribution in [2.75, 3.05) is 32.5 Å². The van der Waals surface area contributed by atoms with Crippen LogP contribution in [0.2, 0.25) is 0 Å². The summed E-state index contributed by atoms with van der Waals surface area (Å²) in [5, 5.41) is 3.21. The molecule has 2 aromatic heterocycles. The van der Waals surface area contributed by atoms with Gasteiger partial charge in [-0.15, -0.1) is 0 Å². The highest BCUT2D eigenvalue weighted by molar-refractivity contribution is 5.56. The Hall–Kier alpha value is -2.01. The van der Waals surface area contributed by atoms with Crippen molar-refractivity contribution in [2.45, 2.75) is 6.42 Å². The first kappa shape index (κ1) is 13.4. The number of hydrogen-bond donors (Lipinski definition) is 1. The number of aromatic nitrogens is 3. The van der Waals surface area contributed by atoms with Crippen LogP contribution in [0.5, 0.6) is 0 Å². The fourth-order valence-electron chi connectivity index (χ4n) is 1.68. The zero-order chi connectivity index (χ0) is 13.5. The van der Waals surface area contributed by atoms with Gasteiger partial charge in [0.1, 0.15) is 0 Å². The van der Waals surface area contributed by atoms with Gasteiger partial charge in [0.05, 0.1) is 5.69 Å². The molecule has 0 aliphatic heterocycles. The monoisotopic (exact) mass is 257 g/mol. The normalized spacial score (nSPS) is 10.7. The number of nitrogens with zero attached hydrogens (tertiary/aromatic N) is 4. The zero-order valence-electron chi connectivity index (χ0n) is 11.4. The van der Waals surface area contributed by atoms with E-state index in [0.29, 0.717) is 5.95 Å². The van der Waals surface area contributed by atoms with Gasteiger partial charge in [-0.25, -0.2) is 9.97 Å². The van der Waals surface area contributed by atoms with E-state index in [2.05, 4.69) is 39.3 Å². The molecule has 0 unspecified atom stereocenters. The maximum atomic E-state index is 4.30. The first-order valence-electron chi connectivity index (χ1n) is 6.38. The molecule has 0 bridgehead atoms. The molecule has 0 spiro atoms. The molecule has 0 fully saturated rings. The van der Waals surface area contributed by atoms with Crippen LogP contribution in [0, 0.1) is 0 Å². The second-order valence-corrected chi connectivity index (χ2v) is 4.59. The number of hydrogen-bond acceptors (Lipinski definition) is 5. The van der Waals surface area contributed by atoms with E-state index in [1.807, 2.05) is 18.2 Å². The average molecular weight is 257 g/mol. The highest BCUT2D eigenvalue weighted by atomic mass is 15.1. The van der Waals surface area contributed by atoms with Crippen molar-refractivity contribution in [1.82, 2.24) is 19.9 Å². The molecular weight excluding hydrogens is 238 g/mol. The molecule has 0 aliphatic carbocycles. The van der Waals surface area contributed by atoms with Crippen LogP contribution >= 0.6 is 0 Å². The predicted octanol–water partition coefficient (Wildman–Crippen LogP) is 1.90. The van der Waals surface area contributed by atoms with E-state index in [1.165, 1.54) is 0 Å². The van der Waals surface area contributed by atoms with E-state index in [0.717, 1.165) is 30.8 Å². The fourth-order valence-corrected chi connectivity index (χ4v) is 1.68. The van der Waals surface area contributed by atoms with Gasteiger partial charge in [-0.1, -0.05) is 6.07 Å². The van der Waals surface area contributed by atoms with Gasteiger partial charge >= 0.3 is 0 Å². The molecule has 0 aromatic carbocycles. The van der Waals surface area contributed by atoms with E-state index < -0.39 is 0 Å². The lowest BCUT2D eigenvalue weighted by Crippen LogP contribution is -2.16. The maximum absolute atomic E-state index is 4.30. The van der Waals surface area contributed by atoms with Crippen molar-refractivity contribution in [3.05, 3.63) is 36.8 Å². The van der Waals surface area contributed by atoms with Gasteiger partial charge in [-0.2, -0.15) is 0 Å². The standard InChI is InChI=1S/C14H19N5/c1-19(2)9-5-8-16-14-17-10-12(11-18-14)13-6-3-4-7-15-13/h3-4,6-7,10-11H,5,8-9H2,1-2H3,(H,16,17,18). The molecule has 0 amide bonds. The summed E-state index contributed by atoms with van der Waals surface area (Å²) in [5.74, 6) is 0.665. The Labute approximate surface area is 113 Å². The largest absolute Gasteiger partial charge is 0.354 e. The van der Waals surface area contributed by atoms with E-state index in [1.54, 1.807) is 18.6 Å². The first-order chi connectivity index (χ1) is 9.25. The summed E-state index contributed by atoms with van der Waals surface area (Å²) in [4.78, 5) is 15.0. The molecule has 0 saturated heterocycles. The van der Waals surface area contributed by atoms with Crippen molar-refractivity contribution in [1.29, 1.82) is 0 Å². The third-order valence-corrected chi connectivity index (χ3v) is 2.68. The molecule has 1 N–H and O–H groups in total. The molecule has 2 aromatic rings. The molecule has 5 heteroatoms. The molecule has 2 heterocycles. The van der Waals surface area contributed by atoms with Gasteiger partial charge in [-0.3, -0.25) is 4.98 Å². The average Bonchev–Trinajstić information content (AvgIpc) is 2.45. The first-order valence-corrected chi connectivity index (χ1v) is 6.38. The summed E-state index contributed by atoms with van der Waals surface area (Å²) in [6, 6.07) is 5.80. The van der Waals surface area contributed by atoms with Crippen LogP contribution in [0.3, 0.4) is 0 Å². The van der Waals surface area contributed by atoms with Crippen molar-refractivity contribution >= 4 is 5.95 Å². The van der Waals surface area contributed by atoms with Crippen molar-refractivity contribution in [2.24, 2.45) is 0 Å². The molecular formula is C14H19N5. The van der Waals surface area contributed by atoms with Gasteiger partial charge in [0.25, 0.3) is 0 Å². The van der Waals surface area contributed by atoms with Crippen LogP contribution in [0.4, 0.5) is 5.95 Å². The van der Waals surface area contributed by atoms with Gasteiger partial charge in [0.2, 0.25) is 5.95 Å². The molecule has 100 valence electrons. The molecule has 5 nitrogen and oxygen atoms in total. The smallest absolute Gasteiger partial charge is 0.222 e. The van der Waals surface area contributed by atoms with E-state index in [9.17, 15) is 0 Å². The van der Waals surface area contributed by atoms with Crippen molar-refractivity contribution in [3.63, 3.8) is 0 Å². The molecule has 0 saturated carbocycles. The molecule has 0 radical (unpaired) electrons. The lowest BCUT2D eigenvalue weighted by Gasteiger charge is -2.09. The van der Waals surface area contributed by atoms with Crippen molar-refractivity contribution in [3.8, 4) is 11.3 Å². The molecule has 19 heavy (non-hydrogen) atoms. The minimum atomic E-state index is 0.665. The second kappa shape index (κ2) is 6.80. The van der Waals surface area contributed by atoms with E-state index in [4.69, 9.17) is 0 Å². The van der Waals surface area contributed by atoms with Crippen LogP contribution in [0.15, 0.2) is 36.8 Å². The highest BCUT2D eigenvalue weighted by Gasteiger charge is 2.00. The number of rotatable bonds is 6. The maximum Gasteiger partial charge on any atom is 0.222 e. The summed E-state index contributed by atoms with van der Waals surface area (Å²) in [7, 11) is 4.14. The third kappa shape index (κ3) is 4.30. The predicted molar refractivity (Wildman–Crippen MR) is 76.9 cm³/mol. The van der Waals surface area contributed by atoms with Gasteiger partial charge < -0.3 is 10.2 Å². The summed E-state index contributed by atoms with van der Waals surface area (Å²) < 4.78 is 0. The van der Waals surface area contributed by atoms with Crippen LogP contribution < -0.4 is 5.32 Å². The van der Waals surface area contributed by atoms with Gasteiger partial charge in [0.15, 0.2) is 0 Å². The lowest BCUT2D eigenvalue weighted by molar-refractivity contribution is 0.405. The van der Waals surface area contributed by atoms with Gasteiger partial charge in [0, 0.05) is 30.7 Å². The number of nitrogens with one attached hydrogen (secondary N) is 1. The van der Waals surface area contributed by atoms with Crippen molar-refractivity contribution < 1.29 is 0 Å². The minimum Gasteiger partial charge on any atom is -0.354 e. The Kier molecular flexibility index (Phi) is 4.80. The Bertz CT molecular complexity index is 481. The Balaban J connectivity index is 1.88. The van der Waals surface area contributed by atoms with Gasteiger partial charge in [-0.05, 0) is 39.2 Å². The van der Waals surface area contributed by atoms with Crippen LogP contribution in [0.25, 0.3) is 11.3 Å². The Morgan fingerprint density at radius 2 is 1.89 bits per heavy atom. The quantitative estimate of drug-likeness (QED) is 0.801. The number of anilines is 1. The van der Waals surface area contributed by atoms with E-state index >= 15 is 0 Å². The summed E-state index contributed by atoms with van der Waals surface area (Å²) in [6.45, 7) is 1.93. The highest BCUT2D eigenvalue weighted by Crippen LogP contribution is 2.14. The zero-order valence-corrected chi connectivity index (χ0v) is 11.4. The summed E-state index contributed by atoms with van der Waals surface area (Å²) in [6.07, 6.45) is 6.42. The number of pyridine rings is 1. The molecule has 2 rings (SSSR count). The molecule has 0 aliphatic rings. The topological polar surface area (TPSA) is 53.9 Å². The summed E-state index contributed by atoms with van der Waals surface area (Å²) in [5.41, 5.74) is 1.82. The Morgan fingerprint density at radius 3 is 2.53 bits per heavy atom. The lowest BCUT2D eigenvalue weighted by atomic mass is 10.2. The van der Waals surface area contributed by atoms with Crippen LogP contribution in [0.1, 0.15) is 6.42 Å². The fraction of sp³-hybridized carbons (Fsp3) is 0.357. The minimum absolute atomic E-state index is 0.665. The Morgan fingerprint density at radius 1 is 1.11 bits per heavy atom. The summed E-state index contributed by atoms with van der Waals surface area (Å²) >= 11 is 0. The molecule has 0 atom stereocenters. The SMILES string of the molecule is CN(C)CCCNc1ncc(-c2ccccn2)cn1.